The molecule has 0 radical (unpaired) electrons. The Balaban J connectivity index is 1.87. The van der Waals surface area contributed by atoms with Gasteiger partial charge in [0, 0.05) is 16.5 Å². The molecule has 1 amide bonds. The van der Waals surface area contributed by atoms with E-state index in [2.05, 4.69) is 15.3 Å². The van der Waals surface area contributed by atoms with E-state index in [1.807, 2.05) is 0 Å². The van der Waals surface area contributed by atoms with E-state index in [4.69, 9.17) is 0 Å². The summed E-state index contributed by atoms with van der Waals surface area (Å²) in [6, 6.07) is 3.94. The van der Waals surface area contributed by atoms with E-state index in [9.17, 15) is 18.4 Å². The van der Waals surface area contributed by atoms with Crippen LogP contribution in [0.5, 0.6) is 0 Å². The highest BCUT2D eigenvalue weighted by Gasteiger charge is 2.18. The van der Waals surface area contributed by atoms with Gasteiger partial charge in [-0.05, 0) is 62.6 Å². The van der Waals surface area contributed by atoms with Crippen LogP contribution in [0.3, 0.4) is 0 Å². The maximum absolute atomic E-state index is 13.9. The summed E-state index contributed by atoms with van der Waals surface area (Å²) < 4.78 is 27.3. The molecule has 0 bridgehead atoms. The van der Waals surface area contributed by atoms with Crippen molar-refractivity contribution in [3.63, 3.8) is 0 Å². The van der Waals surface area contributed by atoms with Gasteiger partial charge in [0.1, 0.15) is 11.6 Å². The van der Waals surface area contributed by atoms with Crippen molar-refractivity contribution in [1.82, 2.24) is 15.3 Å². The molecular formula is C21H21F2N3O2. The normalized spacial score (nSPS) is 12.2. The molecule has 0 spiro atoms. The van der Waals surface area contributed by atoms with Crippen LogP contribution >= 0.6 is 0 Å². The van der Waals surface area contributed by atoms with Crippen molar-refractivity contribution in [3.8, 4) is 0 Å². The van der Waals surface area contributed by atoms with Gasteiger partial charge in [-0.3, -0.25) is 14.6 Å². The Morgan fingerprint density at radius 2 is 1.89 bits per heavy atom. The molecule has 0 fully saturated rings. The molecule has 2 heterocycles. The number of fused-ring (bicyclic) bond motifs is 1. The van der Waals surface area contributed by atoms with Crippen LogP contribution in [0.25, 0.3) is 10.9 Å². The van der Waals surface area contributed by atoms with Crippen LogP contribution in [0.1, 0.15) is 40.9 Å². The molecule has 7 heteroatoms. The molecule has 2 N–H and O–H groups in total. The number of hydrogen-bond acceptors (Lipinski definition) is 3. The summed E-state index contributed by atoms with van der Waals surface area (Å²) in [7, 11) is 0. The maximum atomic E-state index is 13.9. The molecule has 5 nitrogen and oxygen atoms in total. The van der Waals surface area contributed by atoms with Crippen LogP contribution in [0.4, 0.5) is 8.78 Å². The average Bonchev–Trinajstić information content (AvgIpc) is 2.63. The number of rotatable bonds is 4. The number of amides is 1. The number of pyridine rings is 2. The lowest BCUT2D eigenvalue weighted by atomic mass is 9.98. The van der Waals surface area contributed by atoms with E-state index < -0.39 is 11.9 Å². The van der Waals surface area contributed by atoms with Gasteiger partial charge >= 0.3 is 0 Å². The Hall–Kier alpha value is -3.09. The van der Waals surface area contributed by atoms with Crippen LogP contribution in [-0.2, 0) is 11.2 Å². The van der Waals surface area contributed by atoms with Crippen molar-refractivity contribution in [3.05, 3.63) is 74.3 Å². The van der Waals surface area contributed by atoms with Gasteiger partial charge in [-0.2, -0.15) is 0 Å². The van der Waals surface area contributed by atoms with Crippen molar-refractivity contribution < 1.29 is 13.6 Å². The third-order valence-corrected chi connectivity index (χ3v) is 4.98. The van der Waals surface area contributed by atoms with Gasteiger partial charge in [0.05, 0.1) is 24.4 Å². The smallest absolute Gasteiger partial charge is 0.252 e. The van der Waals surface area contributed by atoms with Gasteiger partial charge in [-0.1, -0.05) is 0 Å². The molecule has 0 aliphatic rings. The minimum atomic E-state index is -0.453. The Morgan fingerprint density at radius 3 is 2.57 bits per heavy atom. The zero-order valence-electron chi connectivity index (χ0n) is 16.1. The van der Waals surface area contributed by atoms with Crippen molar-refractivity contribution in [2.45, 2.75) is 40.2 Å². The number of H-pyrrole nitrogens is 1. The Kier molecular flexibility index (Phi) is 5.27. The van der Waals surface area contributed by atoms with Crippen LogP contribution in [0.2, 0.25) is 0 Å². The number of aromatic nitrogens is 2. The lowest BCUT2D eigenvalue weighted by molar-refractivity contribution is -0.121. The monoisotopic (exact) mass is 385 g/mol. The Bertz CT molecular complexity index is 1140. The standard InChI is InChI=1S/C21H21F2N3O2/c1-10-7-18(24-9-16(10)23)13(4)25-19(27)8-14-11(2)20-12(3)15(22)5-6-17(20)26-21(14)28/h5-7,9,13H,8H2,1-4H3,(H,25,27)(H,26,28)/t13-/m1/s1. The molecule has 0 saturated carbocycles. The third-order valence-electron chi connectivity index (χ3n) is 4.98. The van der Waals surface area contributed by atoms with Crippen molar-refractivity contribution in [2.75, 3.05) is 0 Å². The minimum Gasteiger partial charge on any atom is -0.348 e. The molecule has 1 aromatic carbocycles. The second kappa shape index (κ2) is 7.50. The van der Waals surface area contributed by atoms with E-state index in [0.717, 1.165) is 6.20 Å². The van der Waals surface area contributed by atoms with E-state index in [1.165, 1.54) is 12.1 Å². The molecular weight excluding hydrogens is 364 g/mol. The summed E-state index contributed by atoms with van der Waals surface area (Å²) in [4.78, 5) is 31.7. The average molecular weight is 385 g/mol. The number of nitrogens with one attached hydrogen (secondary N) is 2. The van der Waals surface area contributed by atoms with Crippen LogP contribution in [0.15, 0.2) is 29.2 Å². The molecule has 0 aliphatic carbocycles. The van der Waals surface area contributed by atoms with Gasteiger partial charge in [0.2, 0.25) is 5.91 Å². The number of aromatic amines is 1. The Labute approximate surface area is 160 Å². The number of nitrogens with zero attached hydrogens (tertiary/aromatic N) is 1. The lowest BCUT2D eigenvalue weighted by Crippen LogP contribution is -2.31. The summed E-state index contributed by atoms with van der Waals surface area (Å²) in [5.41, 5.74) is 2.40. The zero-order valence-corrected chi connectivity index (χ0v) is 16.1. The number of aryl methyl sites for hydroxylation is 3. The summed E-state index contributed by atoms with van der Waals surface area (Å²) in [6.45, 7) is 6.70. The first kappa shape index (κ1) is 19.7. The predicted molar refractivity (Wildman–Crippen MR) is 103 cm³/mol. The summed E-state index contributed by atoms with van der Waals surface area (Å²) in [5.74, 6) is -1.16. The second-order valence-electron chi connectivity index (χ2n) is 6.98. The number of benzene rings is 1. The topological polar surface area (TPSA) is 74.8 Å². The van der Waals surface area contributed by atoms with Crippen molar-refractivity contribution in [1.29, 1.82) is 0 Å². The molecule has 3 rings (SSSR count). The van der Waals surface area contributed by atoms with Crippen LogP contribution < -0.4 is 10.9 Å². The van der Waals surface area contributed by atoms with Crippen molar-refractivity contribution >= 4 is 16.8 Å². The fourth-order valence-corrected chi connectivity index (χ4v) is 3.33. The zero-order chi connectivity index (χ0) is 20.6. The van der Waals surface area contributed by atoms with E-state index in [0.29, 0.717) is 33.3 Å². The second-order valence-corrected chi connectivity index (χ2v) is 6.98. The molecule has 146 valence electrons. The summed E-state index contributed by atoms with van der Waals surface area (Å²) in [6.07, 6.45) is 0.959. The Morgan fingerprint density at radius 1 is 1.18 bits per heavy atom. The van der Waals surface area contributed by atoms with Crippen molar-refractivity contribution in [2.24, 2.45) is 0 Å². The van der Waals surface area contributed by atoms with Gasteiger partial charge < -0.3 is 10.3 Å². The SMILES string of the molecule is Cc1cc([C@@H](C)NC(=O)Cc2c(C)c3c(C)c(F)ccc3[nH]c2=O)ncc1F. The van der Waals surface area contributed by atoms with E-state index in [1.54, 1.807) is 33.8 Å². The first-order valence-electron chi connectivity index (χ1n) is 8.91. The van der Waals surface area contributed by atoms with Gasteiger partial charge in [0.25, 0.3) is 5.56 Å². The largest absolute Gasteiger partial charge is 0.348 e. The number of carbonyl (C=O) groups excluding carboxylic acids is 1. The number of hydrogen-bond donors (Lipinski definition) is 2. The predicted octanol–water partition coefficient (Wildman–Crippen LogP) is 3.55. The van der Waals surface area contributed by atoms with E-state index in [-0.39, 0.29) is 29.3 Å². The molecule has 0 unspecified atom stereocenters. The lowest BCUT2D eigenvalue weighted by Gasteiger charge is -2.15. The molecule has 1 atom stereocenters. The fourth-order valence-electron chi connectivity index (χ4n) is 3.33. The van der Waals surface area contributed by atoms with Crippen LogP contribution in [0, 0.1) is 32.4 Å². The number of carbonyl (C=O) groups is 1. The summed E-state index contributed by atoms with van der Waals surface area (Å²) in [5, 5.41) is 3.37. The van der Waals surface area contributed by atoms with Gasteiger partial charge in [-0.15, -0.1) is 0 Å². The summed E-state index contributed by atoms with van der Waals surface area (Å²) >= 11 is 0. The quantitative estimate of drug-likeness (QED) is 0.721. The molecule has 3 aromatic rings. The highest BCUT2D eigenvalue weighted by Crippen LogP contribution is 2.24. The molecule has 0 aliphatic heterocycles. The van der Waals surface area contributed by atoms with Gasteiger partial charge in [-0.25, -0.2) is 8.78 Å². The minimum absolute atomic E-state index is 0.155. The highest BCUT2D eigenvalue weighted by molar-refractivity contribution is 5.88. The number of halogens is 2. The van der Waals surface area contributed by atoms with Gasteiger partial charge in [0.15, 0.2) is 0 Å². The highest BCUT2D eigenvalue weighted by atomic mass is 19.1. The molecule has 2 aromatic heterocycles. The molecule has 28 heavy (non-hydrogen) atoms. The van der Waals surface area contributed by atoms with E-state index >= 15 is 0 Å². The fraction of sp³-hybridized carbons (Fsp3) is 0.286. The first-order chi connectivity index (χ1) is 13.2. The molecule has 0 saturated heterocycles. The van der Waals surface area contributed by atoms with Crippen LogP contribution in [-0.4, -0.2) is 15.9 Å². The first-order valence-corrected chi connectivity index (χ1v) is 8.91. The third kappa shape index (κ3) is 3.65. The maximum Gasteiger partial charge on any atom is 0.252 e.